The number of likely N-dealkylation sites (N-methyl/N-ethyl adjacent to an activating group) is 1. The summed E-state index contributed by atoms with van der Waals surface area (Å²) in [6.07, 6.45) is 7.28. The van der Waals surface area contributed by atoms with Gasteiger partial charge in [0, 0.05) is 38.2 Å². The third kappa shape index (κ3) is 22.1. The number of benzene rings is 1. The molecule has 1 aromatic rings. The average molecular weight is 1010 g/mol. The first-order valence-electron chi connectivity index (χ1n) is 25.4. The molecule has 72 heavy (non-hydrogen) atoms. The van der Waals surface area contributed by atoms with E-state index in [9.17, 15) is 47.9 Å². The molecule has 21 heteroatoms. The van der Waals surface area contributed by atoms with Crippen LogP contribution in [0.15, 0.2) is 30.3 Å². The van der Waals surface area contributed by atoms with Crippen molar-refractivity contribution in [2.24, 2.45) is 5.92 Å². The third-order valence-electron chi connectivity index (χ3n) is 12.0. The van der Waals surface area contributed by atoms with Gasteiger partial charge >= 0.3 is 0 Å². The van der Waals surface area contributed by atoms with Gasteiger partial charge in [0.1, 0.15) is 34.7 Å². The lowest BCUT2D eigenvalue weighted by Crippen LogP contribution is -2.64. The smallest absolute Gasteiger partial charge is 0.254 e. The number of carbonyl (C=O) groups excluding carboxylic acids is 10. The van der Waals surface area contributed by atoms with Gasteiger partial charge in [-0.15, -0.1) is 0 Å². The normalized spacial score (nSPS) is 14.6. The molecule has 9 N–H and O–H groups in total. The van der Waals surface area contributed by atoms with Crippen molar-refractivity contribution in [1.29, 1.82) is 0 Å². The Bertz CT molecular complexity index is 2010. The Morgan fingerprint density at radius 2 is 1.24 bits per heavy atom. The summed E-state index contributed by atoms with van der Waals surface area (Å²) in [7, 11) is 3.76. The van der Waals surface area contributed by atoms with Crippen molar-refractivity contribution in [2.75, 3.05) is 53.4 Å². The Balaban J connectivity index is 1.97. The zero-order valence-electron chi connectivity index (χ0n) is 44.7. The van der Waals surface area contributed by atoms with Crippen LogP contribution in [0.4, 0.5) is 0 Å². The first-order chi connectivity index (χ1) is 33.7. The van der Waals surface area contributed by atoms with Crippen LogP contribution in [0.25, 0.3) is 0 Å². The van der Waals surface area contributed by atoms with Crippen LogP contribution in [-0.2, 0) is 43.2 Å². The van der Waals surface area contributed by atoms with Gasteiger partial charge < -0.3 is 57.7 Å². The predicted octanol–water partition coefficient (Wildman–Crippen LogP) is 1.16. The van der Waals surface area contributed by atoms with Gasteiger partial charge in [0.15, 0.2) is 0 Å². The lowest BCUT2D eigenvalue weighted by atomic mass is 9.97. The number of nitrogens with one attached hydrogen (secondary N) is 9. The summed E-state index contributed by atoms with van der Waals surface area (Å²) in [6.45, 7) is 14.9. The minimum Gasteiger partial charge on any atom is -0.355 e. The van der Waals surface area contributed by atoms with Crippen LogP contribution in [0.5, 0.6) is 0 Å². The first kappa shape index (κ1) is 62.0. The van der Waals surface area contributed by atoms with Crippen LogP contribution in [0.2, 0.25) is 0 Å². The molecule has 0 radical (unpaired) electrons. The average Bonchev–Trinajstić information content (AvgIpc) is 3.80. The number of hydrogen-bond donors (Lipinski definition) is 9. The summed E-state index contributed by atoms with van der Waals surface area (Å²) in [6, 6.07) is 5.82. The van der Waals surface area contributed by atoms with E-state index in [-0.39, 0.29) is 37.1 Å². The molecule has 1 aliphatic heterocycles. The molecule has 3 atom stereocenters. The SMILES string of the molecule is CCCCCCCC[C@H](NC(=O)C1CCCN1C(=O)c1ccccc1)C(=O)NCC(=O)NC(C)(C)C(=O)NCC(=O)NC(CC(C)C)C(=O)NC(C)(C)C(=O)NC(C)(C)C(=O)NCCC(=O)NCCN(C)C. The predicted molar refractivity (Wildman–Crippen MR) is 274 cm³/mol. The van der Waals surface area contributed by atoms with E-state index >= 15 is 0 Å². The summed E-state index contributed by atoms with van der Waals surface area (Å²) < 4.78 is 0. The van der Waals surface area contributed by atoms with E-state index in [1.165, 1.54) is 46.4 Å². The van der Waals surface area contributed by atoms with E-state index in [4.69, 9.17) is 0 Å². The van der Waals surface area contributed by atoms with Gasteiger partial charge in [-0.1, -0.05) is 77.5 Å². The van der Waals surface area contributed by atoms with Crippen LogP contribution in [0.1, 0.15) is 143 Å². The van der Waals surface area contributed by atoms with E-state index < -0.39 is 95.1 Å². The van der Waals surface area contributed by atoms with E-state index in [1.54, 1.807) is 30.3 Å². The zero-order chi connectivity index (χ0) is 54.2. The number of carbonyl (C=O) groups is 10. The quantitative estimate of drug-likeness (QED) is 0.0476. The largest absolute Gasteiger partial charge is 0.355 e. The van der Waals surface area contributed by atoms with Gasteiger partial charge in [0.2, 0.25) is 53.2 Å². The van der Waals surface area contributed by atoms with Gasteiger partial charge in [-0.2, -0.15) is 0 Å². The van der Waals surface area contributed by atoms with Crippen LogP contribution < -0.4 is 47.9 Å². The molecule has 1 aliphatic rings. The van der Waals surface area contributed by atoms with Gasteiger partial charge in [-0.3, -0.25) is 47.9 Å². The highest BCUT2D eigenvalue weighted by Gasteiger charge is 2.39. The van der Waals surface area contributed by atoms with Gasteiger partial charge in [-0.05, 0) is 99.4 Å². The standard InChI is InChI=1S/C51H85N11O10/c1-12-13-14-15-16-20-24-36(57-44(68)38-25-21-29-62(38)45(69)35-22-18-17-19-23-35)42(66)54-33-41(65)58-49(4,5)47(71)55-32-40(64)56-37(31-34(2)3)43(67)59-51(8,9)48(72)60-50(6,7)46(70)53-27-26-39(63)52-28-30-61(10)11/h17-19,22-23,34,36-38H,12-16,20-21,24-33H2,1-11H3,(H,52,63)(H,53,70)(H,54,66)(H,55,71)(H,56,64)(H,57,68)(H,58,65)(H,59,67)(H,60,72)/t36-,37?,38?/m0/s1. The molecule has 2 rings (SSSR count). The van der Waals surface area contributed by atoms with Gasteiger partial charge in [0.25, 0.3) is 5.91 Å². The fourth-order valence-electron chi connectivity index (χ4n) is 7.73. The molecule has 2 unspecified atom stereocenters. The Hall–Kier alpha value is -6.12. The summed E-state index contributed by atoms with van der Waals surface area (Å²) in [5.41, 5.74) is -4.08. The van der Waals surface area contributed by atoms with E-state index in [2.05, 4.69) is 54.8 Å². The van der Waals surface area contributed by atoms with Gasteiger partial charge in [-0.25, -0.2) is 0 Å². The zero-order valence-corrected chi connectivity index (χ0v) is 44.7. The molecule has 0 bridgehead atoms. The van der Waals surface area contributed by atoms with Crippen molar-refractivity contribution >= 4 is 59.1 Å². The van der Waals surface area contributed by atoms with Crippen LogP contribution in [0, 0.1) is 5.92 Å². The van der Waals surface area contributed by atoms with Crippen molar-refractivity contribution in [3.63, 3.8) is 0 Å². The second-order valence-electron chi connectivity index (χ2n) is 20.8. The highest BCUT2D eigenvalue weighted by atomic mass is 16.2. The Morgan fingerprint density at radius 1 is 0.639 bits per heavy atom. The molecule has 0 aromatic heterocycles. The van der Waals surface area contributed by atoms with Crippen molar-refractivity contribution in [1.82, 2.24) is 57.7 Å². The highest BCUT2D eigenvalue weighted by molar-refractivity contribution is 6.00. The minimum absolute atomic E-state index is 0.0417. The van der Waals surface area contributed by atoms with Crippen LogP contribution >= 0.6 is 0 Å². The molecule has 0 aliphatic carbocycles. The molecular formula is C51H85N11O10. The highest BCUT2D eigenvalue weighted by Crippen LogP contribution is 2.21. The molecule has 0 spiro atoms. The molecule has 1 saturated heterocycles. The summed E-state index contributed by atoms with van der Waals surface area (Å²) in [4.78, 5) is 136. The molecule has 1 fully saturated rings. The molecule has 1 heterocycles. The van der Waals surface area contributed by atoms with Crippen molar-refractivity contribution in [2.45, 2.75) is 168 Å². The van der Waals surface area contributed by atoms with Crippen molar-refractivity contribution in [3.8, 4) is 0 Å². The number of amides is 10. The summed E-state index contributed by atoms with van der Waals surface area (Å²) >= 11 is 0. The number of nitrogens with zero attached hydrogens (tertiary/aromatic N) is 2. The Morgan fingerprint density at radius 3 is 1.88 bits per heavy atom. The second kappa shape index (κ2) is 30.0. The van der Waals surface area contributed by atoms with Crippen molar-refractivity contribution in [3.05, 3.63) is 35.9 Å². The number of hydrogen-bond acceptors (Lipinski definition) is 11. The maximum absolute atomic E-state index is 13.6. The van der Waals surface area contributed by atoms with Crippen LogP contribution in [0.3, 0.4) is 0 Å². The topological polar surface area (TPSA) is 285 Å². The fraction of sp³-hybridized carbons (Fsp3) is 0.686. The maximum Gasteiger partial charge on any atom is 0.254 e. The molecular weight excluding hydrogens is 927 g/mol. The number of rotatable bonds is 31. The van der Waals surface area contributed by atoms with Crippen molar-refractivity contribution < 1.29 is 47.9 Å². The van der Waals surface area contributed by atoms with E-state index in [0.717, 1.165) is 32.1 Å². The molecule has 10 amide bonds. The molecule has 404 valence electrons. The lowest BCUT2D eigenvalue weighted by Gasteiger charge is -2.33. The molecule has 21 nitrogen and oxygen atoms in total. The Kier molecular flexibility index (Phi) is 25.9. The first-order valence-corrected chi connectivity index (χ1v) is 25.4. The maximum atomic E-state index is 13.6. The van der Waals surface area contributed by atoms with E-state index in [1.807, 2.05) is 32.8 Å². The van der Waals surface area contributed by atoms with E-state index in [0.29, 0.717) is 50.9 Å². The minimum atomic E-state index is -1.57. The lowest BCUT2D eigenvalue weighted by molar-refractivity contribution is -0.138. The molecule has 0 saturated carbocycles. The number of unbranched alkanes of at least 4 members (excludes halogenated alkanes) is 5. The van der Waals surface area contributed by atoms with Crippen LogP contribution in [-0.4, -0.2) is 157 Å². The summed E-state index contributed by atoms with van der Waals surface area (Å²) in [5.74, 6) is -5.74. The third-order valence-corrected chi connectivity index (χ3v) is 12.0. The molecule has 1 aromatic carbocycles. The second-order valence-corrected chi connectivity index (χ2v) is 20.8. The summed E-state index contributed by atoms with van der Waals surface area (Å²) in [5, 5.41) is 23.8. The monoisotopic (exact) mass is 1010 g/mol. The van der Waals surface area contributed by atoms with Gasteiger partial charge in [0.05, 0.1) is 13.1 Å². The fourth-order valence-corrected chi connectivity index (χ4v) is 7.73. The number of likely N-dealkylation sites (tertiary alicyclic amines) is 1. The Labute approximate surface area is 426 Å².